The van der Waals surface area contributed by atoms with Crippen LogP contribution in [-0.4, -0.2) is 33.8 Å². The minimum atomic E-state index is -0.805. The van der Waals surface area contributed by atoms with Crippen LogP contribution in [0.1, 0.15) is 36.5 Å². The van der Waals surface area contributed by atoms with Crippen LogP contribution in [0.2, 0.25) is 0 Å². The van der Waals surface area contributed by atoms with Crippen LogP contribution in [0.5, 0.6) is 5.75 Å². The van der Waals surface area contributed by atoms with Gasteiger partial charge in [-0.2, -0.15) is 0 Å². The summed E-state index contributed by atoms with van der Waals surface area (Å²) in [6, 6.07) is 16.5. The summed E-state index contributed by atoms with van der Waals surface area (Å²) in [5.41, 5.74) is 2.00. The van der Waals surface area contributed by atoms with Gasteiger partial charge in [-0.25, -0.2) is 0 Å². The third-order valence-corrected chi connectivity index (χ3v) is 5.87. The van der Waals surface area contributed by atoms with Gasteiger partial charge in [-0.15, -0.1) is 0 Å². The molecule has 0 aliphatic heterocycles. The van der Waals surface area contributed by atoms with Crippen LogP contribution < -0.4 is 15.6 Å². The summed E-state index contributed by atoms with van der Waals surface area (Å²) in [4.78, 5) is 25.9. The number of nitrogens with one attached hydrogen (secondary N) is 2. The van der Waals surface area contributed by atoms with Crippen LogP contribution >= 0.6 is 0 Å². The van der Waals surface area contributed by atoms with Crippen molar-refractivity contribution >= 4 is 16.9 Å². The second-order valence-electron chi connectivity index (χ2n) is 8.01. The highest BCUT2D eigenvalue weighted by Gasteiger charge is 2.29. The molecular weight excluding hydrogens is 396 g/mol. The first-order valence-electron chi connectivity index (χ1n) is 10.5. The second kappa shape index (κ2) is 9.32. The molecule has 0 radical (unpaired) electrons. The number of aliphatic carboxylic acids is 1. The number of pyridine rings is 1. The van der Waals surface area contributed by atoms with Crippen molar-refractivity contribution in [3.8, 4) is 5.75 Å². The average Bonchev–Trinajstić information content (AvgIpc) is 3.26. The lowest BCUT2D eigenvalue weighted by Gasteiger charge is -2.19. The van der Waals surface area contributed by atoms with Gasteiger partial charge in [0, 0.05) is 24.0 Å². The van der Waals surface area contributed by atoms with Gasteiger partial charge in [0.15, 0.2) is 0 Å². The van der Waals surface area contributed by atoms with Crippen molar-refractivity contribution in [3.05, 3.63) is 76.1 Å². The number of ether oxygens (including phenoxy) is 1. The maximum Gasteiger partial charge on any atom is 0.306 e. The molecule has 1 aliphatic rings. The SMILES string of the molecule is O=C(O)[C@@H]1CC[C@H](NC[C@H](O)c2ccc(OCc3ccccc3)c3[nH]c(=O)ccc23)C1. The number of aliphatic hydroxyl groups excluding tert-OH is 1. The lowest BCUT2D eigenvalue weighted by molar-refractivity contribution is -0.141. The Kier molecular flexibility index (Phi) is 6.34. The molecule has 162 valence electrons. The van der Waals surface area contributed by atoms with Crippen LogP contribution in [0, 0.1) is 5.92 Å². The van der Waals surface area contributed by atoms with Crippen molar-refractivity contribution in [1.29, 1.82) is 0 Å². The number of carbonyl (C=O) groups is 1. The topological polar surface area (TPSA) is 112 Å². The fourth-order valence-electron chi connectivity index (χ4n) is 4.17. The molecule has 31 heavy (non-hydrogen) atoms. The van der Waals surface area contributed by atoms with Gasteiger partial charge in [0.1, 0.15) is 12.4 Å². The van der Waals surface area contributed by atoms with Crippen LogP contribution in [0.25, 0.3) is 10.9 Å². The molecule has 3 aromatic rings. The molecule has 1 heterocycles. The predicted molar refractivity (Wildman–Crippen MR) is 117 cm³/mol. The Bertz CT molecular complexity index is 1110. The Labute approximate surface area is 179 Å². The average molecular weight is 422 g/mol. The molecule has 7 nitrogen and oxygen atoms in total. The highest BCUT2D eigenvalue weighted by molar-refractivity contribution is 5.87. The van der Waals surface area contributed by atoms with Gasteiger partial charge in [-0.1, -0.05) is 36.4 Å². The van der Waals surface area contributed by atoms with Crippen molar-refractivity contribution in [2.45, 2.75) is 38.0 Å². The first kappa shape index (κ1) is 21.1. The number of carboxylic acids is 1. The van der Waals surface area contributed by atoms with Crippen molar-refractivity contribution in [3.63, 3.8) is 0 Å². The number of aromatic nitrogens is 1. The summed E-state index contributed by atoms with van der Waals surface area (Å²) in [6.45, 7) is 0.665. The van der Waals surface area contributed by atoms with Crippen molar-refractivity contribution in [2.24, 2.45) is 5.92 Å². The summed E-state index contributed by atoms with van der Waals surface area (Å²) >= 11 is 0. The van der Waals surface area contributed by atoms with E-state index in [1.165, 1.54) is 6.07 Å². The van der Waals surface area contributed by atoms with Crippen LogP contribution in [0.4, 0.5) is 0 Å². The highest BCUT2D eigenvalue weighted by Crippen LogP contribution is 2.31. The number of aliphatic hydroxyl groups is 1. The fraction of sp³-hybridized carbons (Fsp3) is 0.333. The zero-order valence-electron chi connectivity index (χ0n) is 17.1. The highest BCUT2D eigenvalue weighted by atomic mass is 16.5. The summed E-state index contributed by atoms with van der Waals surface area (Å²) in [6.07, 6.45) is 1.20. The fourth-order valence-corrected chi connectivity index (χ4v) is 4.17. The zero-order valence-corrected chi connectivity index (χ0v) is 17.1. The van der Waals surface area contributed by atoms with E-state index in [1.54, 1.807) is 12.1 Å². The van der Waals surface area contributed by atoms with E-state index in [4.69, 9.17) is 9.84 Å². The Morgan fingerprint density at radius 3 is 2.68 bits per heavy atom. The van der Waals surface area contributed by atoms with E-state index >= 15 is 0 Å². The first-order valence-corrected chi connectivity index (χ1v) is 10.5. The van der Waals surface area contributed by atoms with Gasteiger partial charge in [0.2, 0.25) is 5.56 Å². The Balaban J connectivity index is 1.50. The van der Waals surface area contributed by atoms with E-state index in [0.717, 1.165) is 12.0 Å². The smallest absolute Gasteiger partial charge is 0.306 e. The molecule has 0 spiro atoms. The first-order chi connectivity index (χ1) is 15.0. The molecule has 0 amide bonds. The van der Waals surface area contributed by atoms with E-state index in [-0.39, 0.29) is 17.5 Å². The lowest BCUT2D eigenvalue weighted by atomic mass is 10.0. The molecule has 4 N–H and O–H groups in total. The van der Waals surface area contributed by atoms with E-state index < -0.39 is 12.1 Å². The molecule has 0 unspecified atom stereocenters. The molecule has 2 aromatic carbocycles. The molecule has 1 aliphatic carbocycles. The number of fused-ring (bicyclic) bond motifs is 1. The molecule has 0 saturated heterocycles. The molecule has 1 fully saturated rings. The van der Waals surface area contributed by atoms with Crippen molar-refractivity contribution < 1.29 is 19.7 Å². The van der Waals surface area contributed by atoms with Gasteiger partial charge >= 0.3 is 5.97 Å². The van der Waals surface area contributed by atoms with Gasteiger partial charge in [0.25, 0.3) is 0 Å². The second-order valence-corrected chi connectivity index (χ2v) is 8.01. The number of hydrogen-bond donors (Lipinski definition) is 4. The van der Waals surface area contributed by atoms with Crippen LogP contribution in [-0.2, 0) is 11.4 Å². The maximum absolute atomic E-state index is 11.9. The third kappa shape index (κ3) is 4.95. The lowest BCUT2D eigenvalue weighted by Crippen LogP contribution is -2.31. The number of benzene rings is 2. The van der Waals surface area contributed by atoms with E-state index in [1.807, 2.05) is 36.4 Å². The minimum absolute atomic E-state index is 0.0790. The molecule has 7 heteroatoms. The largest absolute Gasteiger partial charge is 0.487 e. The van der Waals surface area contributed by atoms with Gasteiger partial charge in [0.05, 0.1) is 17.5 Å². The van der Waals surface area contributed by atoms with Crippen LogP contribution in [0.15, 0.2) is 59.4 Å². The quantitative estimate of drug-likeness (QED) is 0.444. The monoisotopic (exact) mass is 422 g/mol. The molecule has 1 aromatic heterocycles. The molecule has 0 bridgehead atoms. The third-order valence-electron chi connectivity index (χ3n) is 5.87. The van der Waals surface area contributed by atoms with Crippen LogP contribution in [0.3, 0.4) is 0 Å². The van der Waals surface area contributed by atoms with E-state index in [9.17, 15) is 14.7 Å². The number of H-pyrrole nitrogens is 1. The van der Waals surface area contributed by atoms with Gasteiger partial charge < -0.3 is 25.3 Å². The Morgan fingerprint density at radius 1 is 1.13 bits per heavy atom. The number of rotatable bonds is 8. The summed E-state index contributed by atoms with van der Waals surface area (Å²) in [5, 5.41) is 24.0. The number of aromatic amines is 1. The Morgan fingerprint density at radius 2 is 1.94 bits per heavy atom. The van der Waals surface area contributed by atoms with Crippen molar-refractivity contribution in [2.75, 3.05) is 6.54 Å². The summed E-state index contributed by atoms with van der Waals surface area (Å²) in [5.74, 6) is -0.534. The summed E-state index contributed by atoms with van der Waals surface area (Å²) < 4.78 is 5.95. The maximum atomic E-state index is 11.9. The van der Waals surface area contributed by atoms with Gasteiger partial charge in [-0.05, 0) is 42.5 Å². The van der Waals surface area contributed by atoms with E-state index in [0.29, 0.717) is 48.2 Å². The molecule has 3 atom stereocenters. The van der Waals surface area contributed by atoms with Crippen molar-refractivity contribution in [1.82, 2.24) is 10.3 Å². The van der Waals surface area contributed by atoms with Gasteiger partial charge in [-0.3, -0.25) is 9.59 Å². The zero-order chi connectivity index (χ0) is 21.8. The predicted octanol–water partition coefficient (Wildman–Crippen LogP) is 2.98. The molecule has 1 saturated carbocycles. The number of hydrogen-bond acceptors (Lipinski definition) is 5. The number of carboxylic acid groups (broad SMARTS) is 1. The Hall–Kier alpha value is -3.16. The summed E-state index contributed by atoms with van der Waals surface area (Å²) in [7, 11) is 0. The standard InChI is InChI=1S/C24H26N2O5/c27-20(13-25-17-7-6-16(12-17)24(29)30)18-8-10-21(23-19(18)9-11-22(28)26-23)31-14-15-4-2-1-3-5-15/h1-5,8-11,16-17,20,25,27H,6-7,12-14H2,(H,26,28)(H,29,30)/t16-,17+,20+/m1/s1. The van der Waals surface area contributed by atoms with E-state index in [2.05, 4.69) is 10.3 Å². The normalized spacial score (nSPS) is 19.4. The molecule has 4 rings (SSSR count). The minimum Gasteiger partial charge on any atom is -0.487 e. The molecular formula is C24H26N2O5.